The van der Waals surface area contributed by atoms with Crippen molar-refractivity contribution in [2.45, 2.75) is 0 Å². The molecule has 0 aliphatic heterocycles. The molecule has 55 heavy (non-hydrogen) atoms. The molecule has 8 aromatic rings. The van der Waals surface area contributed by atoms with Crippen LogP contribution in [-0.2, 0) is 0 Å². The monoisotopic (exact) mass is 836 g/mol. The summed E-state index contributed by atoms with van der Waals surface area (Å²) in [6.07, 6.45) is -8.52. The Morgan fingerprint density at radius 3 is 0.745 bits per heavy atom. The number of hydrogen-bond acceptors (Lipinski definition) is 1. The summed E-state index contributed by atoms with van der Waals surface area (Å²) < 4.78 is 0. The van der Waals surface area contributed by atoms with E-state index in [9.17, 15) is 0 Å². The number of hydrogen-bond donors (Lipinski definition) is 0. The first-order valence-corrected chi connectivity index (χ1v) is 23.5. The van der Waals surface area contributed by atoms with E-state index in [1.165, 1.54) is 37.1 Å². The van der Waals surface area contributed by atoms with Crippen molar-refractivity contribution < 1.29 is 4.79 Å². The Kier molecular flexibility index (Phi) is 11.9. The van der Waals surface area contributed by atoms with Gasteiger partial charge in [0.2, 0.25) is 0 Å². The molecule has 8 aromatic carbocycles. The van der Waals surface area contributed by atoms with E-state index in [-0.39, 0.29) is 41.3 Å². The van der Waals surface area contributed by atoms with Gasteiger partial charge in [0.05, 0.1) is 0 Å². The molecule has 0 aliphatic carbocycles. The molecule has 0 heterocycles. The van der Waals surface area contributed by atoms with Crippen molar-refractivity contribution in [3.8, 4) is 0 Å². The van der Waals surface area contributed by atoms with Gasteiger partial charge in [0.15, 0.2) is 0 Å². The second-order valence-corrected chi connectivity index (χ2v) is 27.2. The van der Waals surface area contributed by atoms with Crippen LogP contribution in [0.1, 0.15) is 10.4 Å². The minimum absolute atomic E-state index is 0. The zero-order valence-corrected chi connectivity index (χ0v) is 34.7. The Morgan fingerprint density at radius 2 is 0.509 bits per heavy atom. The second kappa shape index (κ2) is 16.4. The number of carbonyl (C=O) groups is 1. The van der Waals surface area contributed by atoms with Crippen molar-refractivity contribution in [1.29, 1.82) is 0 Å². The topological polar surface area (TPSA) is 17.1 Å². The molecule has 5 heteroatoms. The van der Waals surface area contributed by atoms with Crippen molar-refractivity contribution in [2.24, 2.45) is 0 Å². The first-order chi connectivity index (χ1) is 26.2. The maximum absolute atomic E-state index is 16.0. The fraction of sp³-hybridized carbons (Fsp3) is 0.0200. The third-order valence-electron chi connectivity index (χ3n) is 11.4. The van der Waals surface area contributed by atoms with Gasteiger partial charge in [-0.3, -0.25) is 0 Å². The van der Waals surface area contributed by atoms with E-state index in [1.807, 2.05) is 30.3 Å². The van der Waals surface area contributed by atoms with Crippen LogP contribution in [0.5, 0.6) is 0 Å². The molecule has 0 bridgehead atoms. The molecule has 0 radical (unpaired) electrons. The Morgan fingerprint density at radius 1 is 0.309 bits per heavy atom. The summed E-state index contributed by atoms with van der Waals surface area (Å²) in [4.78, 5) is 16.0. The third-order valence-corrected chi connectivity index (χ3v) is 34.1. The van der Waals surface area contributed by atoms with Gasteiger partial charge in [-0.15, -0.1) is 29.4 Å². The van der Waals surface area contributed by atoms with Crippen LogP contribution in [0, 0.1) is 0 Å². The van der Waals surface area contributed by atoms with Crippen LogP contribution in [0.3, 0.4) is 0 Å². The molecule has 0 aliphatic rings. The summed E-state index contributed by atoms with van der Waals surface area (Å²) >= 11 is 0. The van der Waals surface area contributed by atoms with Gasteiger partial charge >= 0.3 is 315 Å². The minimum atomic E-state index is -4.41. The first-order valence-electron chi connectivity index (χ1n) is 18.2. The summed E-state index contributed by atoms with van der Waals surface area (Å²) in [6, 6.07) is 88.1. The zero-order chi connectivity index (χ0) is 36.1. The van der Waals surface area contributed by atoms with Gasteiger partial charge in [0.25, 0.3) is 0 Å². The molecule has 0 N–H and O–H groups in total. The van der Waals surface area contributed by atoms with Crippen LogP contribution in [0.2, 0.25) is 0 Å². The molecule has 0 fully saturated rings. The first kappa shape index (κ1) is 39.7. The van der Waals surface area contributed by atoms with Crippen LogP contribution >= 0.6 is 42.0 Å². The van der Waals surface area contributed by atoms with E-state index >= 15 is 4.79 Å². The number of benzene rings is 8. The third kappa shape index (κ3) is 5.46. The number of ketones is 1. The fourth-order valence-electron chi connectivity index (χ4n) is 9.58. The maximum atomic E-state index is 16.0. The van der Waals surface area contributed by atoms with Gasteiger partial charge in [-0.2, -0.15) is 0 Å². The molecule has 0 unspecified atom stereocenters. The normalized spacial score (nSPS) is 12.7. The summed E-state index contributed by atoms with van der Waals surface area (Å²) in [7, 11) is 0. The molecule has 274 valence electrons. The van der Waals surface area contributed by atoms with Gasteiger partial charge in [-0.05, 0) is 0 Å². The van der Waals surface area contributed by atoms with Crippen molar-refractivity contribution >= 4 is 84.9 Å². The van der Waals surface area contributed by atoms with Crippen LogP contribution in [0.4, 0.5) is 0 Å². The van der Waals surface area contributed by atoms with Crippen LogP contribution in [0.25, 0.3) is 0 Å². The van der Waals surface area contributed by atoms with Gasteiger partial charge < -0.3 is 0 Å². The second-order valence-electron chi connectivity index (χ2n) is 13.6. The quantitative estimate of drug-likeness (QED) is 0.0937. The van der Waals surface area contributed by atoms with Gasteiger partial charge in [-0.25, -0.2) is 0 Å². The molecule has 0 saturated heterocycles. The van der Waals surface area contributed by atoms with E-state index in [2.05, 4.69) is 212 Å². The summed E-state index contributed by atoms with van der Waals surface area (Å²) in [5.41, 5.74) is 0.711. The molecular formula is C50H44BrClOP2. The van der Waals surface area contributed by atoms with E-state index in [1.54, 1.807) is 0 Å². The summed E-state index contributed by atoms with van der Waals surface area (Å²) in [5, 5.41) is 8.42. The number of Topliss-reactive ketones (excluding diaryl/α,β-unsaturated/α-hetero) is 1. The Bertz CT molecular complexity index is 2170. The van der Waals surface area contributed by atoms with Crippen LogP contribution < -0.4 is 37.1 Å². The summed E-state index contributed by atoms with van der Waals surface area (Å²) in [5.74, 6) is 0.118. The van der Waals surface area contributed by atoms with E-state index in [0.29, 0.717) is 5.56 Å². The SMILES string of the molecule is Br.Cl.O=C(CP(c1ccccc1)(c1ccccc1)(c1ccccc1)P(c1ccccc1)(c1ccccc1)(c1ccccc1)c1ccccc1)c1ccccc1. The number of rotatable bonds is 11. The number of halogens is 2. The standard InChI is InChI=1S/C50H42OP2.BrH.ClH/c51-50(42-25-9-1-10-26-42)41-52(43-27-11-2-12-28-43,44-29-13-3-14-30-44,45-31-15-4-16-32-45)53(46-33-17-5-18-34-46,47-35-19-6-20-36-47,48-37-21-7-22-38-48)49-39-23-8-24-40-49;;/h1-40H,41H2;2*1H. The van der Waals surface area contributed by atoms with Crippen LogP contribution in [-0.4, -0.2) is 11.9 Å². The van der Waals surface area contributed by atoms with Gasteiger partial charge in [0.1, 0.15) is 0 Å². The molecule has 1 nitrogen and oxygen atoms in total. The van der Waals surface area contributed by atoms with Crippen molar-refractivity contribution in [2.75, 3.05) is 6.16 Å². The predicted molar refractivity (Wildman–Crippen MR) is 250 cm³/mol. The molecule has 0 atom stereocenters. The van der Waals surface area contributed by atoms with Gasteiger partial charge in [0, 0.05) is 0 Å². The molecule has 0 aromatic heterocycles. The van der Waals surface area contributed by atoms with Crippen LogP contribution in [0.15, 0.2) is 243 Å². The van der Waals surface area contributed by atoms with Gasteiger partial charge in [-0.1, -0.05) is 0 Å². The summed E-state index contributed by atoms with van der Waals surface area (Å²) in [6.45, 7) is 0. The van der Waals surface area contributed by atoms with E-state index in [4.69, 9.17) is 0 Å². The predicted octanol–water partition coefficient (Wildman–Crippen LogP) is 10.2. The van der Waals surface area contributed by atoms with Crippen molar-refractivity contribution in [1.82, 2.24) is 0 Å². The Labute approximate surface area is 342 Å². The molecule has 0 spiro atoms. The molecular weight excluding hydrogens is 794 g/mol. The average molecular weight is 838 g/mol. The zero-order valence-electron chi connectivity index (χ0n) is 30.4. The molecule has 0 saturated carbocycles. The molecule has 8 rings (SSSR count). The average Bonchev–Trinajstić information content (AvgIpc) is 3.26. The number of carbonyl (C=O) groups excluding carboxylic acids is 1. The van der Waals surface area contributed by atoms with E-state index in [0.717, 1.165) is 0 Å². The Balaban J connectivity index is 0.00000257. The Hall–Kier alpha value is -4.94. The van der Waals surface area contributed by atoms with Crippen molar-refractivity contribution in [3.05, 3.63) is 248 Å². The van der Waals surface area contributed by atoms with E-state index < -0.39 is 12.6 Å². The fourth-order valence-corrected chi connectivity index (χ4v) is 37.0. The van der Waals surface area contributed by atoms with Crippen molar-refractivity contribution in [3.63, 3.8) is 0 Å². The molecule has 0 amide bonds.